The van der Waals surface area contributed by atoms with Crippen LogP contribution >= 0.6 is 34.8 Å². The number of carbonyl (C=O) groups excluding carboxylic acids is 1. The minimum atomic E-state index is -0.217. The second-order valence-electron chi connectivity index (χ2n) is 5.93. The number of halogens is 3. The van der Waals surface area contributed by atoms with E-state index in [1.807, 2.05) is 19.1 Å². The minimum Gasteiger partial charge on any atom is -0.419 e. The number of aromatic nitrogens is 3. The number of rotatable bonds is 6. The van der Waals surface area contributed by atoms with E-state index in [0.29, 0.717) is 44.8 Å². The lowest BCUT2D eigenvalue weighted by atomic mass is 10.2. The highest BCUT2D eigenvalue weighted by Crippen LogP contribution is 2.28. The number of benzene rings is 1. The summed E-state index contributed by atoms with van der Waals surface area (Å²) in [4.78, 5) is 14.6. The predicted molar refractivity (Wildman–Crippen MR) is 105 cm³/mol. The van der Waals surface area contributed by atoms with Gasteiger partial charge in [0, 0.05) is 13.6 Å². The zero-order valence-electron chi connectivity index (χ0n) is 14.7. The van der Waals surface area contributed by atoms with Gasteiger partial charge in [0.15, 0.2) is 0 Å². The molecule has 142 valence electrons. The Bertz CT molecular complexity index is 967. The zero-order chi connectivity index (χ0) is 19.6. The van der Waals surface area contributed by atoms with Gasteiger partial charge in [-0.2, -0.15) is 0 Å². The smallest absolute Gasteiger partial charge is 0.271 e. The van der Waals surface area contributed by atoms with E-state index in [-0.39, 0.29) is 12.5 Å². The summed E-state index contributed by atoms with van der Waals surface area (Å²) in [6, 6.07) is 8.75. The Hall–Kier alpha value is -2.02. The molecule has 0 atom stereocenters. The first-order chi connectivity index (χ1) is 12.9. The molecule has 0 aliphatic rings. The number of amides is 1. The Labute approximate surface area is 171 Å². The quantitative estimate of drug-likeness (QED) is 0.550. The van der Waals surface area contributed by atoms with E-state index >= 15 is 0 Å². The molecule has 2 aromatic heterocycles. The Morgan fingerprint density at radius 1 is 1.19 bits per heavy atom. The number of carbonyl (C=O) groups is 1. The maximum atomic E-state index is 12.9. The first-order valence-electron chi connectivity index (χ1n) is 8.29. The standard InChI is InChI=1S/C18H17Cl3N4O2/c1-3-8-25(18(26)14-9-13(20)16(21)24(14)2)10-15-22-23-17(27-15)11-6-4-5-7-12(11)19/h4-7,9H,3,8,10H2,1-2H3. The topological polar surface area (TPSA) is 64.2 Å². The molecule has 0 saturated carbocycles. The normalized spacial score (nSPS) is 11.0. The SMILES string of the molecule is CCCN(Cc1nnc(-c2ccccc2Cl)o1)C(=O)c1cc(Cl)c(Cl)n1C. The van der Waals surface area contributed by atoms with Crippen LogP contribution in [0.2, 0.25) is 15.2 Å². The highest BCUT2D eigenvalue weighted by atomic mass is 35.5. The average molecular weight is 428 g/mol. The first-order valence-corrected chi connectivity index (χ1v) is 9.43. The third-order valence-electron chi connectivity index (χ3n) is 4.01. The average Bonchev–Trinajstić information content (AvgIpc) is 3.21. The molecular weight excluding hydrogens is 411 g/mol. The van der Waals surface area contributed by atoms with Gasteiger partial charge in [0.25, 0.3) is 5.91 Å². The molecule has 3 rings (SSSR count). The summed E-state index contributed by atoms with van der Waals surface area (Å²) < 4.78 is 7.27. The summed E-state index contributed by atoms with van der Waals surface area (Å²) in [7, 11) is 1.69. The Morgan fingerprint density at radius 3 is 2.56 bits per heavy atom. The first kappa shape index (κ1) is 19.7. The van der Waals surface area contributed by atoms with Crippen LogP contribution in [0.15, 0.2) is 34.7 Å². The fourth-order valence-corrected chi connectivity index (χ4v) is 3.25. The van der Waals surface area contributed by atoms with E-state index in [1.165, 1.54) is 0 Å². The van der Waals surface area contributed by atoms with Gasteiger partial charge in [-0.25, -0.2) is 0 Å². The highest BCUT2D eigenvalue weighted by Gasteiger charge is 2.23. The third kappa shape index (κ3) is 4.13. The Morgan fingerprint density at radius 2 is 1.93 bits per heavy atom. The molecule has 2 heterocycles. The van der Waals surface area contributed by atoms with Gasteiger partial charge in [0.1, 0.15) is 10.8 Å². The molecule has 0 unspecified atom stereocenters. The lowest BCUT2D eigenvalue weighted by Gasteiger charge is -2.20. The van der Waals surface area contributed by atoms with Crippen molar-refractivity contribution in [3.63, 3.8) is 0 Å². The molecule has 6 nitrogen and oxygen atoms in total. The van der Waals surface area contributed by atoms with E-state index in [4.69, 9.17) is 39.2 Å². The lowest BCUT2D eigenvalue weighted by Crippen LogP contribution is -2.32. The molecule has 0 spiro atoms. The molecule has 1 amide bonds. The van der Waals surface area contributed by atoms with Crippen LogP contribution in [0.5, 0.6) is 0 Å². The fourth-order valence-electron chi connectivity index (χ4n) is 2.66. The highest BCUT2D eigenvalue weighted by molar-refractivity contribution is 6.41. The van der Waals surface area contributed by atoms with E-state index < -0.39 is 0 Å². The van der Waals surface area contributed by atoms with Crippen molar-refractivity contribution in [2.45, 2.75) is 19.9 Å². The lowest BCUT2D eigenvalue weighted by molar-refractivity contribution is 0.0719. The maximum absolute atomic E-state index is 12.9. The van der Waals surface area contributed by atoms with Crippen LogP contribution in [0.25, 0.3) is 11.5 Å². The third-order valence-corrected chi connectivity index (χ3v) is 5.19. The largest absolute Gasteiger partial charge is 0.419 e. The van der Waals surface area contributed by atoms with Crippen LogP contribution in [0.3, 0.4) is 0 Å². The van der Waals surface area contributed by atoms with Crippen molar-refractivity contribution in [2.75, 3.05) is 6.54 Å². The van der Waals surface area contributed by atoms with Crippen LogP contribution in [-0.2, 0) is 13.6 Å². The van der Waals surface area contributed by atoms with Crippen molar-refractivity contribution in [3.05, 3.63) is 57.1 Å². The molecule has 1 aromatic carbocycles. The molecule has 3 aromatic rings. The van der Waals surface area contributed by atoms with Crippen LogP contribution in [0, 0.1) is 0 Å². The molecule has 0 saturated heterocycles. The van der Waals surface area contributed by atoms with Gasteiger partial charge in [0.2, 0.25) is 11.8 Å². The van der Waals surface area contributed by atoms with E-state index in [1.54, 1.807) is 34.7 Å². The van der Waals surface area contributed by atoms with Crippen molar-refractivity contribution < 1.29 is 9.21 Å². The van der Waals surface area contributed by atoms with Gasteiger partial charge in [-0.3, -0.25) is 4.79 Å². The van der Waals surface area contributed by atoms with Crippen LogP contribution in [-0.4, -0.2) is 32.1 Å². The van der Waals surface area contributed by atoms with Gasteiger partial charge in [0.05, 0.1) is 22.2 Å². The monoisotopic (exact) mass is 426 g/mol. The predicted octanol–water partition coefficient (Wildman–Crippen LogP) is 5.09. The van der Waals surface area contributed by atoms with Crippen molar-refractivity contribution in [3.8, 4) is 11.5 Å². The number of hydrogen-bond acceptors (Lipinski definition) is 4. The molecular formula is C18H17Cl3N4O2. The van der Waals surface area contributed by atoms with Crippen molar-refractivity contribution in [1.82, 2.24) is 19.7 Å². The molecule has 0 fully saturated rings. The molecule has 27 heavy (non-hydrogen) atoms. The van der Waals surface area contributed by atoms with Crippen LogP contribution < -0.4 is 0 Å². The summed E-state index contributed by atoms with van der Waals surface area (Å²) in [6.45, 7) is 2.67. The van der Waals surface area contributed by atoms with E-state index in [2.05, 4.69) is 10.2 Å². The molecule has 0 bridgehead atoms. The van der Waals surface area contributed by atoms with Gasteiger partial charge >= 0.3 is 0 Å². The minimum absolute atomic E-state index is 0.171. The second-order valence-corrected chi connectivity index (χ2v) is 7.11. The van der Waals surface area contributed by atoms with E-state index in [9.17, 15) is 4.79 Å². The zero-order valence-corrected chi connectivity index (χ0v) is 17.0. The van der Waals surface area contributed by atoms with Gasteiger partial charge in [-0.05, 0) is 24.6 Å². The van der Waals surface area contributed by atoms with Crippen LogP contribution in [0.1, 0.15) is 29.7 Å². The Balaban J connectivity index is 1.84. The van der Waals surface area contributed by atoms with E-state index in [0.717, 1.165) is 6.42 Å². The van der Waals surface area contributed by atoms with Gasteiger partial charge in [-0.15, -0.1) is 10.2 Å². The molecule has 0 aliphatic heterocycles. The Kier molecular flexibility index (Phi) is 6.09. The summed E-state index contributed by atoms with van der Waals surface area (Å²) in [5.41, 5.74) is 1.04. The maximum Gasteiger partial charge on any atom is 0.271 e. The summed E-state index contributed by atoms with van der Waals surface area (Å²) in [5, 5.41) is 9.25. The molecule has 0 aliphatic carbocycles. The molecule has 0 N–H and O–H groups in total. The van der Waals surface area contributed by atoms with Crippen molar-refractivity contribution in [1.29, 1.82) is 0 Å². The molecule has 9 heteroatoms. The number of hydrogen-bond donors (Lipinski definition) is 0. The second kappa shape index (κ2) is 8.33. The molecule has 0 radical (unpaired) electrons. The summed E-state index contributed by atoms with van der Waals surface area (Å²) in [5.74, 6) is 0.410. The summed E-state index contributed by atoms with van der Waals surface area (Å²) >= 11 is 18.3. The summed E-state index contributed by atoms with van der Waals surface area (Å²) in [6.07, 6.45) is 0.767. The van der Waals surface area contributed by atoms with Crippen molar-refractivity contribution >= 4 is 40.7 Å². The van der Waals surface area contributed by atoms with Gasteiger partial charge < -0.3 is 13.9 Å². The number of nitrogens with zero attached hydrogens (tertiary/aromatic N) is 4. The fraction of sp³-hybridized carbons (Fsp3) is 0.278. The van der Waals surface area contributed by atoms with Crippen molar-refractivity contribution in [2.24, 2.45) is 7.05 Å². The van der Waals surface area contributed by atoms with Gasteiger partial charge in [-0.1, -0.05) is 53.9 Å². The van der Waals surface area contributed by atoms with Crippen LogP contribution in [0.4, 0.5) is 0 Å².